The third-order valence-corrected chi connectivity index (χ3v) is 4.18. The molecule has 6 heteroatoms. The Hall–Kier alpha value is -0.810. The molecule has 0 saturated carbocycles. The monoisotopic (exact) mass is 349 g/mol. The van der Waals surface area contributed by atoms with Crippen LogP contribution in [0.3, 0.4) is 0 Å². The molecule has 1 aromatic carbocycles. The second-order valence-electron chi connectivity index (χ2n) is 5.40. The summed E-state index contributed by atoms with van der Waals surface area (Å²) in [6.45, 7) is 6.88. The van der Waals surface area contributed by atoms with Crippen LogP contribution >= 0.6 is 24.8 Å². The van der Waals surface area contributed by atoms with E-state index in [9.17, 15) is 4.79 Å². The van der Waals surface area contributed by atoms with Gasteiger partial charge in [0.05, 0.1) is 5.41 Å². The van der Waals surface area contributed by atoms with Crippen molar-refractivity contribution in [3.8, 4) is 0 Å². The van der Waals surface area contributed by atoms with Gasteiger partial charge in [-0.05, 0) is 30.9 Å². The van der Waals surface area contributed by atoms with E-state index in [1.165, 1.54) is 0 Å². The van der Waals surface area contributed by atoms with Gasteiger partial charge in [0.2, 0.25) is 5.91 Å². The van der Waals surface area contributed by atoms with E-state index in [1.807, 2.05) is 45.0 Å². The first-order chi connectivity index (χ1) is 9.49. The van der Waals surface area contributed by atoms with Crippen molar-refractivity contribution < 1.29 is 4.79 Å². The number of benzene rings is 1. The molecular weight excluding hydrogens is 321 g/mol. The van der Waals surface area contributed by atoms with Crippen molar-refractivity contribution >= 4 is 30.7 Å². The first-order valence-electron chi connectivity index (χ1n) is 7.32. The summed E-state index contributed by atoms with van der Waals surface area (Å²) in [5, 5.41) is 2.99. The Morgan fingerprint density at radius 2 is 1.68 bits per heavy atom. The molecule has 1 aromatic rings. The maximum absolute atomic E-state index is 12.3. The van der Waals surface area contributed by atoms with E-state index in [0.29, 0.717) is 13.1 Å². The van der Waals surface area contributed by atoms with Crippen molar-refractivity contribution in [2.24, 2.45) is 16.9 Å². The van der Waals surface area contributed by atoms with Crippen molar-refractivity contribution in [2.45, 2.75) is 46.2 Å². The molecule has 1 atom stereocenters. The summed E-state index contributed by atoms with van der Waals surface area (Å²) in [7, 11) is 0. The first-order valence-corrected chi connectivity index (χ1v) is 7.32. The number of carbonyl (C=O) groups excluding carboxylic acids is 1. The van der Waals surface area contributed by atoms with Crippen molar-refractivity contribution in [3.63, 3.8) is 0 Å². The molecule has 5 N–H and O–H groups in total. The average molecular weight is 350 g/mol. The Morgan fingerprint density at radius 3 is 2.05 bits per heavy atom. The summed E-state index contributed by atoms with van der Waals surface area (Å²) < 4.78 is 0. The van der Waals surface area contributed by atoms with Crippen LogP contribution in [0.25, 0.3) is 0 Å². The maximum atomic E-state index is 12.3. The summed E-state index contributed by atoms with van der Waals surface area (Å²) in [4.78, 5) is 12.3. The minimum absolute atomic E-state index is 0. The molecule has 0 heterocycles. The van der Waals surface area contributed by atoms with Gasteiger partial charge in [-0.3, -0.25) is 4.79 Å². The molecule has 0 aliphatic carbocycles. The third kappa shape index (κ3) is 5.76. The predicted octanol–water partition coefficient (Wildman–Crippen LogP) is 2.93. The highest BCUT2D eigenvalue weighted by molar-refractivity contribution is 5.85. The number of rotatable bonds is 7. The van der Waals surface area contributed by atoms with E-state index in [2.05, 4.69) is 5.32 Å². The lowest BCUT2D eigenvalue weighted by Gasteiger charge is -2.28. The lowest BCUT2D eigenvalue weighted by Crippen LogP contribution is -2.45. The molecule has 0 radical (unpaired) electrons. The number of hydrogen-bond donors (Lipinski definition) is 3. The summed E-state index contributed by atoms with van der Waals surface area (Å²) in [6, 6.07) is 8.04. The van der Waals surface area contributed by atoms with Crippen LogP contribution in [0.2, 0.25) is 0 Å². The van der Waals surface area contributed by atoms with Gasteiger partial charge in [-0.2, -0.15) is 0 Å². The van der Waals surface area contributed by atoms with Crippen LogP contribution in [0, 0.1) is 5.41 Å². The summed E-state index contributed by atoms with van der Waals surface area (Å²) in [5.41, 5.74) is 13.3. The number of hydrogen-bond acceptors (Lipinski definition) is 3. The van der Waals surface area contributed by atoms with Crippen LogP contribution in [-0.2, 0) is 11.3 Å². The third-order valence-electron chi connectivity index (χ3n) is 4.18. The van der Waals surface area contributed by atoms with Gasteiger partial charge in [0, 0.05) is 19.1 Å². The summed E-state index contributed by atoms with van der Waals surface area (Å²) >= 11 is 0. The molecule has 0 fully saturated rings. The molecule has 0 saturated heterocycles. The topological polar surface area (TPSA) is 81.1 Å². The molecule has 1 amide bonds. The minimum Gasteiger partial charge on any atom is -0.352 e. The zero-order valence-corrected chi connectivity index (χ0v) is 15.2. The van der Waals surface area contributed by atoms with Crippen molar-refractivity contribution in [1.82, 2.24) is 5.32 Å². The minimum atomic E-state index is -0.439. The highest BCUT2D eigenvalue weighted by Crippen LogP contribution is 2.25. The molecule has 128 valence electrons. The second-order valence-corrected chi connectivity index (χ2v) is 5.40. The zero-order valence-electron chi connectivity index (χ0n) is 13.6. The van der Waals surface area contributed by atoms with Gasteiger partial charge in [-0.1, -0.05) is 38.1 Å². The maximum Gasteiger partial charge on any atom is 0.227 e. The predicted molar refractivity (Wildman–Crippen MR) is 97.5 cm³/mol. The highest BCUT2D eigenvalue weighted by Gasteiger charge is 2.32. The Kier molecular flexibility index (Phi) is 11.6. The van der Waals surface area contributed by atoms with Crippen LogP contribution in [0.1, 0.15) is 50.8 Å². The molecule has 0 aromatic heterocycles. The lowest BCUT2D eigenvalue weighted by atomic mass is 9.81. The fourth-order valence-corrected chi connectivity index (χ4v) is 2.26. The van der Waals surface area contributed by atoms with Crippen LogP contribution < -0.4 is 16.8 Å². The molecule has 1 rings (SSSR count). The second kappa shape index (κ2) is 10.8. The molecular formula is C16H29Cl2N3O. The summed E-state index contributed by atoms with van der Waals surface area (Å²) in [5.74, 6) is 0.0428. The number of carbonyl (C=O) groups is 1. The molecule has 0 aliphatic heterocycles. The molecule has 22 heavy (non-hydrogen) atoms. The van der Waals surface area contributed by atoms with Gasteiger partial charge in [0.15, 0.2) is 0 Å². The Bertz CT molecular complexity index is 423. The number of amides is 1. The van der Waals surface area contributed by atoms with Gasteiger partial charge in [0.1, 0.15) is 0 Å². The fourth-order valence-electron chi connectivity index (χ4n) is 2.26. The molecule has 1 unspecified atom stereocenters. The van der Waals surface area contributed by atoms with Gasteiger partial charge >= 0.3 is 0 Å². The van der Waals surface area contributed by atoms with Crippen LogP contribution in [0.4, 0.5) is 0 Å². The van der Waals surface area contributed by atoms with E-state index >= 15 is 0 Å². The smallest absolute Gasteiger partial charge is 0.227 e. The average Bonchev–Trinajstić information content (AvgIpc) is 2.48. The van der Waals surface area contributed by atoms with Crippen LogP contribution in [0.15, 0.2) is 24.3 Å². The van der Waals surface area contributed by atoms with Crippen molar-refractivity contribution in [2.75, 3.05) is 6.54 Å². The zero-order chi connectivity index (χ0) is 15.2. The molecule has 0 bridgehead atoms. The van der Waals surface area contributed by atoms with Crippen molar-refractivity contribution in [3.05, 3.63) is 35.4 Å². The SMILES string of the molecule is CCC(CC)(CN)C(=O)NCc1ccc(C(C)N)cc1.Cl.Cl. The van der Waals surface area contributed by atoms with Gasteiger partial charge in [-0.25, -0.2) is 0 Å². The Morgan fingerprint density at radius 1 is 1.18 bits per heavy atom. The van der Waals surface area contributed by atoms with E-state index in [-0.39, 0.29) is 36.8 Å². The van der Waals surface area contributed by atoms with Crippen LogP contribution in [-0.4, -0.2) is 12.5 Å². The van der Waals surface area contributed by atoms with Gasteiger partial charge < -0.3 is 16.8 Å². The van der Waals surface area contributed by atoms with E-state index in [1.54, 1.807) is 0 Å². The van der Waals surface area contributed by atoms with E-state index < -0.39 is 5.41 Å². The number of nitrogens with two attached hydrogens (primary N) is 2. The number of nitrogens with one attached hydrogen (secondary N) is 1. The quantitative estimate of drug-likeness (QED) is 0.707. The van der Waals surface area contributed by atoms with Gasteiger partial charge in [-0.15, -0.1) is 24.8 Å². The summed E-state index contributed by atoms with van der Waals surface area (Å²) in [6.07, 6.45) is 1.52. The largest absolute Gasteiger partial charge is 0.352 e. The molecule has 0 spiro atoms. The Balaban J connectivity index is 0. The van der Waals surface area contributed by atoms with Crippen LogP contribution in [0.5, 0.6) is 0 Å². The standard InChI is InChI=1S/C16H27N3O.2ClH/c1-4-16(5-2,11-17)15(20)19-10-13-6-8-14(9-7-13)12(3)18;;/h6-9,12H,4-5,10-11,17-18H2,1-3H3,(H,19,20);2*1H. The first kappa shape index (κ1) is 23.5. The van der Waals surface area contributed by atoms with Crippen molar-refractivity contribution in [1.29, 1.82) is 0 Å². The Labute approximate surface area is 146 Å². The van der Waals surface area contributed by atoms with E-state index in [4.69, 9.17) is 11.5 Å². The molecule has 0 aliphatic rings. The normalized spacial score (nSPS) is 11.9. The van der Waals surface area contributed by atoms with E-state index in [0.717, 1.165) is 24.0 Å². The highest BCUT2D eigenvalue weighted by atomic mass is 35.5. The lowest BCUT2D eigenvalue weighted by molar-refractivity contribution is -0.131. The van der Waals surface area contributed by atoms with Gasteiger partial charge in [0.25, 0.3) is 0 Å². The fraction of sp³-hybridized carbons (Fsp3) is 0.562. The number of halogens is 2. The molecule has 4 nitrogen and oxygen atoms in total.